The van der Waals surface area contributed by atoms with E-state index in [1.165, 1.54) is 26.0 Å². The van der Waals surface area contributed by atoms with E-state index in [-0.39, 0.29) is 11.5 Å². The summed E-state index contributed by atoms with van der Waals surface area (Å²) in [5.41, 5.74) is 6.84. The van der Waals surface area contributed by atoms with Gasteiger partial charge in [0.2, 0.25) is 0 Å². The number of benzene rings is 1. The van der Waals surface area contributed by atoms with Crippen LogP contribution in [0.5, 0.6) is 11.5 Å². The number of ether oxygens (including phenoxy) is 2. The lowest BCUT2D eigenvalue weighted by Gasteiger charge is -2.21. The smallest absolute Gasteiger partial charge is 0.422 e. The van der Waals surface area contributed by atoms with Crippen LogP contribution in [0.2, 0.25) is 0 Å². The van der Waals surface area contributed by atoms with Gasteiger partial charge in [-0.1, -0.05) is 18.9 Å². The van der Waals surface area contributed by atoms with Crippen LogP contribution in [0.15, 0.2) is 23.2 Å². The highest BCUT2D eigenvalue weighted by Crippen LogP contribution is 2.30. The maximum absolute atomic E-state index is 12.3. The van der Waals surface area contributed by atoms with Gasteiger partial charge in [-0.2, -0.15) is 13.2 Å². The summed E-state index contributed by atoms with van der Waals surface area (Å²) in [5, 5.41) is 0. The summed E-state index contributed by atoms with van der Waals surface area (Å²) >= 11 is 0. The summed E-state index contributed by atoms with van der Waals surface area (Å²) in [4.78, 5) is 6.47. The second-order valence-corrected chi connectivity index (χ2v) is 5.96. The molecule has 5 nitrogen and oxygen atoms in total. The Labute approximate surface area is 145 Å². The Hall–Kier alpha value is -2.12. The first-order chi connectivity index (χ1) is 11.9. The van der Waals surface area contributed by atoms with E-state index in [1.807, 2.05) is 0 Å². The molecule has 0 unspecified atom stereocenters. The Morgan fingerprint density at radius 2 is 1.84 bits per heavy atom. The molecule has 1 saturated heterocycles. The van der Waals surface area contributed by atoms with Gasteiger partial charge in [0.1, 0.15) is 0 Å². The van der Waals surface area contributed by atoms with Crippen molar-refractivity contribution in [3.63, 3.8) is 0 Å². The van der Waals surface area contributed by atoms with Crippen LogP contribution in [0.25, 0.3) is 0 Å². The molecule has 1 aromatic carbocycles. The van der Waals surface area contributed by atoms with E-state index < -0.39 is 12.8 Å². The van der Waals surface area contributed by atoms with Gasteiger partial charge in [-0.25, -0.2) is 4.99 Å². The van der Waals surface area contributed by atoms with Crippen LogP contribution >= 0.6 is 0 Å². The number of hydrogen-bond donors (Lipinski definition) is 1. The van der Waals surface area contributed by atoms with Crippen LogP contribution in [0.4, 0.5) is 13.2 Å². The number of guanidine groups is 1. The van der Waals surface area contributed by atoms with Crippen molar-refractivity contribution in [3.8, 4) is 11.5 Å². The van der Waals surface area contributed by atoms with Gasteiger partial charge >= 0.3 is 6.18 Å². The molecule has 2 rings (SSSR count). The summed E-state index contributed by atoms with van der Waals surface area (Å²) in [6.45, 7) is 0.784. The van der Waals surface area contributed by atoms with Crippen LogP contribution in [-0.4, -0.2) is 43.8 Å². The molecule has 1 aromatic rings. The average Bonchev–Trinajstić information content (AvgIpc) is 2.86. The van der Waals surface area contributed by atoms with Gasteiger partial charge in [0.15, 0.2) is 24.1 Å². The molecule has 1 fully saturated rings. The number of aliphatic imine (C=N–C) groups is 1. The molecule has 1 aliphatic heterocycles. The molecule has 8 heteroatoms. The normalized spacial score (nSPS) is 16.5. The van der Waals surface area contributed by atoms with Crippen molar-refractivity contribution in [3.05, 3.63) is 23.8 Å². The molecule has 0 aromatic heterocycles. The Morgan fingerprint density at radius 1 is 1.16 bits per heavy atom. The quantitative estimate of drug-likeness (QED) is 0.647. The largest absolute Gasteiger partial charge is 0.493 e. The van der Waals surface area contributed by atoms with Crippen molar-refractivity contribution in [2.45, 2.75) is 38.4 Å². The highest BCUT2D eigenvalue weighted by molar-refractivity contribution is 5.78. The molecule has 0 aliphatic carbocycles. The monoisotopic (exact) mass is 359 g/mol. The van der Waals surface area contributed by atoms with Crippen LogP contribution in [0, 0.1) is 0 Å². The minimum atomic E-state index is -4.39. The number of methoxy groups -OCH3 is 1. The number of rotatable bonds is 5. The maximum Gasteiger partial charge on any atom is 0.422 e. The SMILES string of the molecule is COc1cc(CN=C(N)N2CCCCCC2)ccc1OCC(F)(F)F. The fourth-order valence-corrected chi connectivity index (χ4v) is 2.66. The first-order valence-electron chi connectivity index (χ1n) is 8.30. The third-order valence-electron chi connectivity index (χ3n) is 3.97. The third-order valence-corrected chi connectivity index (χ3v) is 3.97. The number of halogens is 3. The van der Waals surface area contributed by atoms with Crippen LogP contribution in [-0.2, 0) is 6.54 Å². The number of nitrogens with zero attached hydrogens (tertiary/aromatic N) is 2. The van der Waals surface area contributed by atoms with E-state index in [2.05, 4.69) is 9.89 Å². The van der Waals surface area contributed by atoms with Crippen molar-refractivity contribution in [1.82, 2.24) is 4.90 Å². The number of nitrogens with two attached hydrogens (primary N) is 1. The second-order valence-electron chi connectivity index (χ2n) is 5.96. The molecule has 0 saturated carbocycles. The van der Waals surface area contributed by atoms with Gasteiger partial charge in [-0.3, -0.25) is 0 Å². The minimum absolute atomic E-state index is 0.0491. The number of alkyl halides is 3. The predicted molar refractivity (Wildman–Crippen MR) is 89.9 cm³/mol. The van der Waals surface area contributed by atoms with Crippen molar-refractivity contribution >= 4 is 5.96 Å². The Balaban J connectivity index is 2.00. The molecule has 0 amide bonds. The summed E-state index contributed by atoms with van der Waals surface area (Å²) in [6, 6.07) is 4.73. The Morgan fingerprint density at radius 3 is 2.44 bits per heavy atom. The molecule has 1 heterocycles. The first-order valence-corrected chi connectivity index (χ1v) is 8.30. The second kappa shape index (κ2) is 8.82. The molecular weight excluding hydrogens is 335 g/mol. The van der Waals surface area contributed by atoms with Crippen LogP contribution in [0.1, 0.15) is 31.2 Å². The van der Waals surface area contributed by atoms with E-state index in [0.29, 0.717) is 12.5 Å². The average molecular weight is 359 g/mol. The molecule has 25 heavy (non-hydrogen) atoms. The zero-order valence-corrected chi connectivity index (χ0v) is 14.3. The predicted octanol–water partition coefficient (Wildman–Crippen LogP) is 3.33. The lowest BCUT2D eigenvalue weighted by Crippen LogP contribution is -2.38. The van der Waals surface area contributed by atoms with E-state index in [1.54, 1.807) is 12.1 Å². The standard InChI is InChI=1S/C17H24F3N3O2/c1-24-15-10-13(6-7-14(15)25-12-17(18,19)20)11-22-16(21)23-8-4-2-3-5-9-23/h6-7,10H,2-5,8-9,11-12H2,1H3,(H2,21,22). The highest BCUT2D eigenvalue weighted by Gasteiger charge is 2.29. The molecule has 0 bridgehead atoms. The fraction of sp³-hybridized carbons (Fsp3) is 0.588. The van der Waals surface area contributed by atoms with Gasteiger partial charge in [-0.05, 0) is 30.5 Å². The van der Waals surface area contributed by atoms with Crippen molar-refractivity contribution in [2.75, 3.05) is 26.8 Å². The topological polar surface area (TPSA) is 60.1 Å². The van der Waals surface area contributed by atoms with Crippen LogP contribution < -0.4 is 15.2 Å². The van der Waals surface area contributed by atoms with Gasteiger partial charge in [0.25, 0.3) is 0 Å². The number of likely N-dealkylation sites (tertiary alicyclic amines) is 1. The summed E-state index contributed by atoms with van der Waals surface area (Å²) in [7, 11) is 1.38. The molecule has 0 atom stereocenters. The maximum atomic E-state index is 12.3. The molecule has 0 radical (unpaired) electrons. The molecular formula is C17H24F3N3O2. The number of hydrogen-bond acceptors (Lipinski definition) is 3. The van der Waals surface area contributed by atoms with Gasteiger partial charge in [0.05, 0.1) is 13.7 Å². The Bertz CT molecular complexity index is 583. The minimum Gasteiger partial charge on any atom is -0.493 e. The van der Waals surface area contributed by atoms with E-state index >= 15 is 0 Å². The summed E-state index contributed by atoms with van der Waals surface area (Å²) in [6.07, 6.45) is 0.237. The third kappa shape index (κ3) is 6.36. The van der Waals surface area contributed by atoms with Crippen molar-refractivity contribution < 1.29 is 22.6 Å². The van der Waals surface area contributed by atoms with Crippen molar-refractivity contribution in [1.29, 1.82) is 0 Å². The zero-order chi connectivity index (χ0) is 18.3. The van der Waals surface area contributed by atoms with Gasteiger partial charge < -0.3 is 20.1 Å². The van der Waals surface area contributed by atoms with Crippen LogP contribution in [0.3, 0.4) is 0 Å². The van der Waals surface area contributed by atoms with Crippen molar-refractivity contribution in [2.24, 2.45) is 10.7 Å². The van der Waals surface area contributed by atoms with Gasteiger partial charge in [0, 0.05) is 13.1 Å². The summed E-state index contributed by atoms with van der Waals surface area (Å²) < 4.78 is 46.7. The summed E-state index contributed by atoms with van der Waals surface area (Å²) in [5.74, 6) is 0.789. The molecule has 0 spiro atoms. The fourth-order valence-electron chi connectivity index (χ4n) is 2.66. The first kappa shape index (κ1) is 19.2. The molecule has 140 valence electrons. The van der Waals surface area contributed by atoms with E-state index in [0.717, 1.165) is 31.5 Å². The molecule has 2 N–H and O–H groups in total. The highest BCUT2D eigenvalue weighted by atomic mass is 19.4. The molecule has 1 aliphatic rings. The zero-order valence-electron chi connectivity index (χ0n) is 14.3. The Kier molecular flexibility index (Phi) is 6.78. The lowest BCUT2D eigenvalue weighted by molar-refractivity contribution is -0.153. The van der Waals surface area contributed by atoms with E-state index in [9.17, 15) is 13.2 Å². The lowest BCUT2D eigenvalue weighted by atomic mass is 10.2. The van der Waals surface area contributed by atoms with Gasteiger partial charge in [-0.15, -0.1) is 0 Å². The van der Waals surface area contributed by atoms with E-state index in [4.69, 9.17) is 15.2 Å².